The lowest BCUT2D eigenvalue weighted by atomic mass is 10.3. The maximum atomic E-state index is 5.13. The molecular weight excluding hydrogens is 194 g/mol. The molecule has 0 saturated heterocycles. The largest absolute Gasteiger partial charge is 0.301 e. The van der Waals surface area contributed by atoms with Crippen LogP contribution in [0.1, 0.15) is 12.6 Å². The van der Waals surface area contributed by atoms with Gasteiger partial charge in [0.25, 0.3) is 0 Å². The molecule has 2 rings (SSSR count). The Balaban J connectivity index is 2.91. The van der Waals surface area contributed by atoms with Crippen molar-refractivity contribution in [1.29, 1.82) is 0 Å². The number of aromatic nitrogens is 3. The smallest absolute Gasteiger partial charge is 0.201 e. The Hall–Kier alpha value is -1.29. The van der Waals surface area contributed by atoms with E-state index in [1.165, 1.54) is 0 Å². The Morgan fingerprint density at radius 2 is 2.21 bits per heavy atom. The van der Waals surface area contributed by atoms with Gasteiger partial charge in [-0.25, -0.2) is 9.97 Å². The van der Waals surface area contributed by atoms with Crippen molar-refractivity contribution >= 4 is 23.3 Å². The van der Waals surface area contributed by atoms with Crippen LogP contribution >= 0.6 is 12.2 Å². The molecule has 0 atom stereocenters. The first kappa shape index (κ1) is 9.27. The lowest BCUT2D eigenvalue weighted by Crippen LogP contribution is -2.03. The van der Waals surface area contributed by atoms with E-state index in [1.807, 2.05) is 30.5 Å². The molecule has 0 N–H and O–H groups in total. The third-order valence-corrected chi connectivity index (χ3v) is 2.49. The van der Waals surface area contributed by atoms with Crippen LogP contribution in [0.2, 0.25) is 0 Å². The monoisotopic (exact) mass is 205 g/mol. The summed E-state index contributed by atoms with van der Waals surface area (Å²) < 4.78 is 2.54. The first-order valence-corrected chi connectivity index (χ1v) is 4.96. The second-order valence-electron chi connectivity index (χ2n) is 3.15. The molecule has 2 heterocycles. The molecule has 0 amide bonds. The molecular formula is C10H11N3S. The summed E-state index contributed by atoms with van der Waals surface area (Å²) in [6.45, 7) is 4.82. The van der Waals surface area contributed by atoms with Crippen LogP contribution in [-0.2, 0) is 6.54 Å². The van der Waals surface area contributed by atoms with Gasteiger partial charge in [-0.2, -0.15) is 0 Å². The molecule has 2 aromatic heterocycles. The Morgan fingerprint density at radius 3 is 2.93 bits per heavy atom. The zero-order valence-electron chi connectivity index (χ0n) is 8.19. The van der Waals surface area contributed by atoms with Crippen LogP contribution in [-0.4, -0.2) is 14.5 Å². The van der Waals surface area contributed by atoms with Crippen molar-refractivity contribution in [1.82, 2.24) is 14.5 Å². The van der Waals surface area contributed by atoms with Crippen molar-refractivity contribution in [3.63, 3.8) is 0 Å². The summed E-state index contributed by atoms with van der Waals surface area (Å²) in [5.74, 6) is 0. The fraction of sp³-hybridized carbons (Fsp3) is 0.300. The molecule has 14 heavy (non-hydrogen) atoms. The van der Waals surface area contributed by atoms with E-state index >= 15 is 0 Å². The average molecular weight is 205 g/mol. The molecule has 0 aliphatic heterocycles. The Morgan fingerprint density at radius 1 is 1.43 bits per heavy atom. The minimum Gasteiger partial charge on any atom is -0.301 e. The predicted molar refractivity (Wildman–Crippen MR) is 58.8 cm³/mol. The highest BCUT2D eigenvalue weighted by Crippen LogP contribution is 2.11. The highest BCUT2D eigenvalue weighted by Gasteiger charge is 2.01. The quantitative estimate of drug-likeness (QED) is 0.670. The number of hydrogen-bond donors (Lipinski definition) is 0. The van der Waals surface area contributed by atoms with E-state index in [9.17, 15) is 0 Å². The van der Waals surface area contributed by atoms with Crippen LogP contribution < -0.4 is 0 Å². The van der Waals surface area contributed by atoms with Crippen molar-refractivity contribution in [3.8, 4) is 0 Å². The van der Waals surface area contributed by atoms with E-state index in [0.29, 0.717) is 4.77 Å². The van der Waals surface area contributed by atoms with Gasteiger partial charge in [0.1, 0.15) is 5.65 Å². The van der Waals surface area contributed by atoms with E-state index in [0.717, 1.165) is 23.3 Å². The second-order valence-corrected chi connectivity index (χ2v) is 3.52. The normalized spacial score (nSPS) is 10.7. The summed E-state index contributed by atoms with van der Waals surface area (Å²) in [5.41, 5.74) is 1.92. The number of aryl methyl sites for hydroxylation is 2. The first-order chi connectivity index (χ1) is 6.72. The van der Waals surface area contributed by atoms with Gasteiger partial charge in [-0.3, -0.25) is 0 Å². The van der Waals surface area contributed by atoms with Crippen molar-refractivity contribution in [2.24, 2.45) is 0 Å². The summed E-state index contributed by atoms with van der Waals surface area (Å²) in [7, 11) is 0. The SMILES string of the molecule is CCn1c(=S)ncc2ccc(C)nc21. The maximum absolute atomic E-state index is 5.13. The number of fused-ring (bicyclic) bond motifs is 1. The van der Waals surface area contributed by atoms with Gasteiger partial charge in [-0.05, 0) is 38.2 Å². The molecule has 0 radical (unpaired) electrons. The molecule has 3 nitrogen and oxygen atoms in total. The molecule has 72 valence electrons. The number of hydrogen-bond acceptors (Lipinski definition) is 3. The molecule has 0 spiro atoms. The number of pyridine rings is 1. The second kappa shape index (κ2) is 3.46. The van der Waals surface area contributed by atoms with E-state index in [2.05, 4.69) is 9.97 Å². The van der Waals surface area contributed by atoms with E-state index in [1.54, 1.807) is 6.20 Å². The average Bonchev–Trinajstić information content (AvgIpc) is 2.17. The fourth-order valence-corrected chi connectivity index (χ4v) is 1.71. The molecule has 0 saturated carbocycles. The zero-order valence-corrected chi connectivity index (χ0v) is 9.01. The Labute approximate surface area is 87.4 Å². The number of nitrogens with zero attached hydrogens (tertiary/aromatic N) is 3. The zero-order chi connectivity index (χ0) is 10.1. The molecule has 0 aliphatic carbocycles. The highest BCUT2D eigenvalue weighted by molar-refractivity contribution is 7.71. The molecule has 0 unspecified atom stereocenters. The van der Waals surface area contributed by atoms with Crippen molar-refractivity contribution in [2.45, 2.75) is 20.4 Å². The third kappa shape index (κ3) is 1.42. The number of rotatable bonds is 1. The molecule has 0 fully saturated rings. The summed E-state index contributed by atoms with van der Waals surface area (Å²) in [6, 6.07) is 4.00. The van der Waals surface area contributed by atoms with Crippen LogP contribution in [0.5, 0.6) is 0 Å². The minimum atomic E-state index is 0.595. The van der Waals surface area contributed by atoms with E-state index in [4.69, 9.17) is 12.2 Å². The summed E-state index contributed by atoms with van der Waals surface area (Å²) in [6.07, 6.45) is 1.77. The van der Waals surface area contributed by atoms with Gasteiger partial charge in [0.15, 0.2) is 0 Å². The van der Waals surface area contributed by atoms with Gasteiger partial charge in [0.2, 0.25) is 4.77 Å². The lowest BCUT2D eigenvalue weighted by Gasteiger charge is -2.07. The van der Waals surface area contributed by atoms with Crippen molar-refractivity contribution in [3.05, 3.63) is 28.8 Å². The van der Waals surface area contributed by atoms with Gasteiger partial charge < -0.3 is 4.57 Å². The summed E-state index contributed by atoms with van der Waals surface area (Å²) in [4.78, 5) is 8.61. The van der Waals surface area contributed by atoms with Crippen LogP contribution in [0.3, 0.4) is 0 Å². The highest BCUT2D eigenvalue weighted by atomic mass is 32.1. The first-order valence-electron chi connectivity index (χ1n) is 4.55. The molecule has 0 bridgehead atoms. The lowest BCUT2D eigenvalue weighted by molar-refractivity contribution is 0.743. The molecule has 0 aromatic carbocycles. The topological polar surface area (TPSA) is 30.7 Å². The Bertz CT molecular complexity index is 530. The van der Waals surface area contributed by atoms with Crippen LogP contribution in [0, 0.1) is 11.7 Å². The Kier molecular flexibility index (Phi) is 2.29. The minimum absolute atomic E-state index is 0.595. The van der Waals surface area contributed by atoms with Crippen molar-refractivity contribution in [2.75, 3.05) is 0 Å². The standard InChI is InChI=1S/C10H11N3S/c1-3-13-9-8(6-11-10(13)14)5-4-7(2)12-9/h4-6H,3H2,1-2H3. The van der Waals surface area contributed by atoms with Crippen LogP contribution in [0.4, 0.5) is 0 Å². The third-order valence-electron chi connectivity index (χ3n) is 2.16. The summed E-state index contributed by atoms with van der Waals surface area (Å²) in [5, 5.41) is 1.03. The van der Waals surface area contributed by atoms with Gasteiger partial charge in [0, 0.05) is 23.8 Å². The molecule has 4 heteroatoms. The summed E-state index contributed by atoms with van der Waals surface area (Å²) >= 11 is 5.13. The van der Waals surface area contributed by atoms with E-state index < -0.39 is 0 Å². The molecule has 0 aliphatic rings. The fourth-order valence-electron chi connectivity index (χ4n) is 1.44. The van der Waals surface area contributed by atoms with E-state index in [-0.39, 0.29) is 0 Å². The van der Waals surface area contributed by atoms with Gasteiger partial charge >= 0.3 is 0 Å². The van der Waals surface area contributed by atoms with Crippen LogP contribution in [0.25, 0.3) is 11.0 Å². The van der Waals surface area contributed by atoms with Gasteiger partial charge in [-0.15, -0.1) is 0 Å². The van der Waals surface area contributed by atoms with Gasteiger partial charge in [-0.1, -0.05) is 0 Å². The van der Waals surface area contributed by atoms with Crippen LogP contribution in [0.15, 0.2) is 18.3 Å². The predicted octanol–water partition coefficient (Wildman–Crippen LogP) is 2.49. The maximum Gasteiger partial charge on any atom is 0.201 e. The molecule has 2 aromatic rings. The van der Waals surface area contributed by atoms with Gasteiger partial charge in [0.05, 0.1) is 0 Å². The van der Waals surface area contributed by atoms with Crippen molar-refractivity contribution < 1.29 is 0 Å².